The second-order valence-electron chi connectivity index (χ2n) is 4.40. The summed E-state index contributed by atoms with van der Waals surface area (Å²) in [5, 5.41) is 9.09. The van der Waals surface area contributed by atoms with E-state index in [2.05, 4.69) is 16.0 Å². The van der Waals surface area contributed by atoms with E-state index < -0.39 is 5.97 Å². The molecule has 0 amide bonds. The van der Waals surface area contributed by atoms with Crippen molar-refractivity contribution in [3.63, 3.8) is 0 Å². The fourth-order valence-corrected chi connectivity index (χ4v) is 2.07. The average Bonchev–Trinajstić information content (AvgIpc) is 2.32. The molecule has 5 heteroatoms. The van der Waals surface area contributed by atoms with Gasteiger partial charge in [-0.25, -0.2) is 14.8 Å². The number of carboxylic acids is 1. The Kier molecular flexibility index (Phi) is 3.81. The molecule has 0 unspecified atom stereocenters. The van der Waals surface area contributed by atoms with Crippen LogP contribution in [0.15, 0.2) is 24.3 Å². The fraction of sp³-hybridized carbons (Fsp3) is 0.214. The third-order valence-corrected chi connectivity index (χ3v) is 3.00. The molecular weight excluding hydrogens is 264 g/mol. The summed E-state index contributed by atoms with van der Waals surface area (Å²) in [6.07, 6.45) is 0.465. The number of carbonyl (C=O) groups is 1. The summed E-state index contributed by atoms with van der Waals surface area (Å²) in [7, 11) is 0. The van der Waals surface area contributed by atoms with Crippen molar-refractivity contribution in [3.05, 3.63) is 57.6 Å². The Balaban J connectivity index is 2.35. The Morgan fingerprint density at radius 2 is 2.00 bits per heavy atom. The minimum Gasteiger partial charge on any atom is -0.477 e. The molecule has 0 radical (unpaired) electrons. The molecule has 0 bridgehead atoms. The van der Waals surface area contributed by atoms with Crippen molar-refractivity contribution >= 4 is 17.6 Å². The second-order valence-corrected chi connectivity index (χ2v) is 4.79. The van der Waals surface area contributed by atoms with Crippen molar-refractivity contribution in [1.29, 1.82) is 0 Å². The van der Waals surface area contributed by atoms with Crippen molar-refractivity contribution in [2.75, 3.05) is 0 Å². The molecule has 0 saturated heterocycles. The molecule has 0 aliphatic carbocycles. The number of aromatic nitrogens is 2. The first-order valence-electron chi connectivity index (χ1n) is 5.78. The maximum absolute atomic E-state index is 10.9. The van der Waals surface area contributed by atoms with Crippen LogP contribution in [0.2, 0.25) is 5.15 Å². The molecule has 4 nitrogen and oxygen atoms in total. The van der Waals surface area contributed by atoms with E-state index in [-0.39, 0.29) is 10.8 Å². The van der Waals surface area contributed by atoms with Crippen molar-refractivity contribution < 1.29 is 9.90 Å². The van der Waals surface area contributed by atoms with Gasteiger partial charge in [-0.2, -0.15) is 0 Å². The second kappa shape index (κ2) is 5.36. The van der Waals surface area contributed by atoms with Crippen LogP contribution in [0.1, 0.15) is 33.0 Å². The summed E-state index contributed by atoms with van der Waals surface area (Å²) >= 11 is 5.81. The lowest BCUT2D eigenvalue weighted by Gasteiger charge is -2.07. The quantitative estimate of drug-likeness (QED) is 0.875. The van der Waals surface area contributed by atoms with Crippen molar-refractivity contribution in [3.8, 4) is 0 Å². The van der Waals surface area contributed by atoms with Crippen LogP contribution in [0.4, 0.5) is 0 Å². The minimum absolute atomic E-state index is 0.0836. The van der Waals surface area contributed by atoms with Gasteiger partial charge in [-0.15, -0.1) is 0 Å². The first kappa shape index (κ1) is 13.5. The summed E-state index contributed by atoms with van der Waals surface area (Å²) in [6, 6.07) is 7.31. The molecular formula is C14H13ClN2O2. The van der Waals surface area contributed by atoms with Gasteiger partial charge in [0.05, 0.1) is 0 Å². The number of aromatic carboxylic acids is 1. The SMILES string of the molecule is Cc1ccc(Cc2nc(Cl)cc(C(=O)O)n2)c(C)c1. The Hall–Kier alpha value is -1.94. The van der Waals surface area contributed by atoms with E-state index in [1.54, 1.807) is 0 Å². The average molecular weight is 277 g/mol. The number of benzene rings is 1. The predicted molar refractivity (Wildman–Crippen MR) is 72.7 cm³/mol. The van der Waals surface area contributed by atoms with Crippen molar-refractivity contribution in [2.45, 2.75) is 20.3 Å². The number of hydrogen-bond acceptors (Lipinski definition) is 3. The fourth-order valence-electron chi connectivity index (χ4n) is 1.87. The van der Waals surface area contributed by atoms with E-state index in [4.69, 9.17) is 16.7 Å². The van der Waals surface area contributed by atoms with Crippen LogP contribution in [-0.4, -0.2) is 21.0 Å². The summed E-state index contributed by atoms with van der Waals surface area (Å²) in [6.45, 7) is 4.03. The van der Waals surface area contributed by atoms with E-state index in [1.165, 1.54) is 11.6 Å². The number of carboxylic acid groups (broad SMARTS) is 1. The molecule has 0 aliphatic rings. The molecule has 0 spiro atoms. The summed E-state index contributed by atoms with van der Waals surface area (Å²) in [5.74, 6) is -0.692. The molecule has 0 saturated carbocycles. The first-order valence-corrected chi connectivity index (χ1v) is 6.16. The summed E-state index contributed by atoms with van der Waals surface area (Å²) < 4.78 is 0. The molecule has 0 atom stereocenters. The molecule has 98 valence electrons. The van der Waals surface area contributed by atoms with E-state index in [9.17, 15) is 4.79 Å². The summed E-state index contributed by atoms with van der Waals surface area (Å²) in [4.78, 5) is 19.0. The van der Waals surface area contributed by atoms with E-state index in [1.807, 2.05) is 26.0 Å². The highest BCUT2D eigenvalue weighted by Gasteiger charge is 2.10. The number of halogens is 1. The molecule has 2 aromatic rings. The van der Waals surface area contributed by atoms with E-state index in [0.29, 0.717) is 12.2 Å². The first-order chi connectivity index (χ1) is 8.95. The van der Waals surface area contributed by atoms with Gasteiger partial charge in [-0.1, -0.05) is 35.4 Å². The molecule has 1 aromatic heterocycles. The zero-order valence-electron chi connectivity index (χ0n) is 10.6. The highest BCUT2D eigenvalue weighted by molar-refractivity contribution is 6.29. The standard InChI is InChI=1S/C14H13ClN2O2/c1-8-3-4-10(9(2)5-8)6-13-16-11(14(18)19)7-12(15)17-13/h3-5,7H,6H2,1-2H3,(H,18,19). The maximum atomic E-state index is 10.9. The lowest BCUT2D eigenvalue weighted by molar-refractivity contribution is 0.0690. The highest BCUT2D eigenvalue weighted by Crippen LogP contribution is 2.15. The number of hydrogen-bond donors (Lipinski definition) is 1. The van der Waals surface area contributed by atoms with Gasteiger partial charge in [0, 0.05) is 12.5 Å². The Bertz CT molecular complexity index is 641. The van der Waals surface area contributed by atoms with Gasteiger partial charge in [0.1, 0.15) is 11.0 Å². The van der Waals surface area contributed by atoms with Gasteiger partial charge < -0.3 is 5.11 Å². The van der Waals surface area contributed by atoms with Gasteiger partial charge in [0.15, 0.2) is 5.69 Å². The van der Waals surface area contributed by atoms with Crippen LogP contribution in [0, 0.1) is 13.8 Å². The van der Waals surface area contributed by atoms with Gasteiger partial charge in [0.25, 0.3) is 0 Å². The zero-order chi connectivity index (χ0) is 14.0. The smallest absolute Gasteiger partial charge is 0.354 e. The highest BCUT2D eigenvalue weighted by atomic mass is 35.5. The topological polar surface area (TPSA) is 63.1 Å². The van der Waals surface area contributed by atoms with E-state index >= 15 is 0 Å². The predicted octanol–water partition coefficient (Wildman–Crippen LogP) is 3.04. The third kappa shape index (κ3) is 3.29. The van der Waals surface area contributed by atoms with Crippen LogP contribution >= 0.6 is 11.6 Å². The molecule has 1 heterocycles. The molecule has 1 N–H and O–H groups in total. The monoisotopic (exact) mass is 276 g/mol. The Morgan fingerprint density at radius 3 is 2.63 bits per heavy atom. The largest absolute Gasteiger partial charge is 0.477 e. The molecule has 0 aliphatic heterocycles. The van der Waals surface area contributed by atoms with Crippen LogP contribution < -0.4 is 0 Å². The van der Waals surface area contributed by atoms with E-state index in [0.717, 1.165) is 11.1 Å². The molecule has 19 heavy (non-hydrogen) atoms. The molecule has 1 aromatic carbocycles. The van der Waals surface area contributed by atoms with Crippen LogP contribution in [0.5, 0.6) is 0 Å². The number of aryl methyl sites for hydroxylation is 2. The molecule has 2 rings (SSSR count). The Labute approximate surface area is 116 Å². The third-order valence-electron chi connectivity index (χ3n) is 2.81. The summed E-state index contributed by atoms with van der Waals surface area (Å²) in [5.41, 5.74) is 3.28. The Morgan fingerprint density at radius 1 is 1.26 bits per heavy atom. The van der Waals surface area contributed by atoms with Crippen molar-refractivity contribution in [1.82, 2.24) is 9.97 Å². The number of rotatable bonds is 3. The van der Waals surface area contributed by atoms with Gasteiger partial charge in [-0.3, -0.25) is 0 Å². The lowest BCUT2D eigenvalue weighted by atomic mass is 10.0. The molecule has 0 fully saturated rings. The van der Waals surface area contributed by atoms with Crippen molar-refractivity contribution in [2.24, 2.45) is 0 Å². The van der Waals surface area contributed by atoms with Crippen LogP contribution in [0.3, 0.4) is 0 Å². The van der Waals surface area contributed by atoms with Crippen LogP contribution in [0.25, 0.3) is 0 Å². The van der Waals surface area contributed by atoms with Crippen LogP contribution in [-0.2, 0) is 6.42 Å². The normalized spacial score (nSPS) is 10.5. The van der Waals surface area contributed by atoms with Gasteiger partial charge in [-0.05, 0) is 25.0 Å². The van der Waals surface area contributed by atoms with Gasteiger partial charge in [0.2, 0.25) is 0 Å². The number of nitrogens with zero attached hydrogens (tertiary/aromatic N) is 2. The minimum atomic E-state index is -1.11. The van der Waals surface area contributed by atoms with Gasteiger partial charge >= 0.3 is 5.97 Å². The zero-order valence-corrected chi connectivity index (χ0v) is 11.4. The maximum Gasteiger partial charge on any atom is 0.354 e. The lowest BCUT2D eigenvalue weighted by Crippen LogP contribution is -2.06.